The number of alkyl halides is 3. The van der Waals surface area contributed by atoms with Crippen molar-refractivity contribution in [3.05, 3.63) is 64.6 Å². The van der Waals surface area contributed by atoms with Gasteiger partial charge in [-0.15, -0.1) is 0 Å². The van der Waals surface area contributed by atoms with E-state index < -0.39 is 15.6 Å². The molecule has 9 heteroatoms. The van der Waals surface area contributed by atoms with Crippen molar-refractivity contribution in [2.24, 2.45) is 0 Å². The zero-order valence-electron chi connectivity index (χ0n) is 13.0. The summed E-state index contributed by atoms with van der Waals surface area (Å²) in [6, 6.07) is 15.5. The van der Waals surface area contributed by atoms with Crippen molar-refractivity contribution in [2.75, 3.05) is 0 Å². The molecule has 5 nitrogen and oxygen atoms in total. The van der Waals surface area contributed by atoms with Crippen molar-refractivity contribution in [3.8, 4) is 5.69 Å². The minimum Gasteiger partial charge on any atom is -0.281 e. The van der Waals surface area contributed by atoms with Crippen molar-refractivity contribution in [1.29, 1.82) is 0 Å². The normalized spacial score (nSPS) is 15.0. The molecule has 1 aromatic carbocycles. The Bertz CT molecular complexity index is 872. The lowest BCUT2D eigenvalue weighted by Crippen LogP contribution is -2.24. The highest BCUT2D eigenvalue weighted by Gasteiger charge is 2.44. The van der Waals surface area contributed by atoms with Gasteiger partial charge in [-0.1, -0.05) is 30.7 Å². The molecular formula is C16H16F3NO4S. The van der Waals surface area contributed by atoms with Crippen molar-refractivity contribution in [3.63, 3.8) is 0 Å². The molecule has 0 spiro atoms. The Balaban J connectivity index is 0.000000242. The zero-order chi connectivity index (χ0) is 18.7. The van der Waals surface area contributed by atoms with Gasteiger partial charge < -0.3 is 0 Å². The highest BCUT2D eigenvalue weighted by molar-refractivity contribution is 7.86. The smallest absolute Gasteiger partial charge is 0.281 e. The number of halogens is 3. The molecule has 3 rings (SSSR count). The van der Waals surface area contributed by atoms with Crippen LogP contribution in [-0.4, -0.2) is 23.0 Å². The molecule has 1 fully saturated rings. The molecule has 0 atom stereocenters. The van der Waals surface area contributed by atoms with E-state index in [1.54, 1.807) is 6.07 Å². The van der Waals surface area contributed by atoms with Crippen LogP contribution >= 0.6 is 0 Å². The predicted octanol–water partition coefficient (Wildman–Crippen LogP) is 3.50. The molecule has 0 aliphatic heterocycles. The van der Waals surface area contributed by atoms with Crippen LogP contribution in [0.25, 0.3) is 5.69 Å². The summed E-state index contributed by atoms with van der Waals surface area (Å²) in [6.45, 7) is 0. The third kappa shape index (κ3) is 4.70. The Labute approximate surface area is 142 Å². The van der Waals surface area contributed by atoms with Crippen LogP contribution in [0.15, 0.2) is 53.3 Å². The predicted molar refractivity (Wildman–Crippen MR) is 86.2 cm³/mol. The molecule has 136 valence electrons. The van der Waals surface area contributed by atoms with E-state index in [2.05, 4.69) is 6.07 Å². The monoisotopic (exact) mass is 375 g/mol. The van der Waals surface area contributed by atoms with Crippen LogP contribution in [-0.2, 0) is 10.1 Å². The highest BCUT2D eigenvalue weighted by Crippen LogP contribution is 2.36. The van der Waals surface area contributed by atoms with E-state index in [4.69, 9.17) is 13.0 Å². The molecule has 0 unspecified atom stereocenters. The molecule has 1 heterocycles. The second-order valence-electron chi connectivity index (χ2n) is 5.51. The highest BCUT2D eigenvalue weighted by atomic mass is 32.2. The molecule has 1 aliphatic rings. The van der Waals surface area contributed by atoms with E-state index in [0.29, 0.717) is 5.92 Å². The Morgan fingerprint density at radius 3 is 2.00 bits per heavy atom. The number of benzene rings is 1. The molecule has 1 aromatic heterocycles. The molecule has 0 radical (unpaired) electrons. The summed E-state index contributed by atoms with van der Waals surface area (Å²) in [5.74, 6) is 0.559. The van der Waals surface area contributed by atoms with E-state index in [1.807, 2.05) is 41.0 Å². The Hall–Kier alpha value is -2.13. The van der Waals surface area contributed by atoms with Crippen molar-refractivity contribution >= 4 is 10.1 Å². The van der Waals surface area contributed by atoms with Gasteiger partial charge in [-0.05, 0) is 37.0 Å². The average Bonchev–Trinajstić information content (AvgIpc) is 2.45. The van der Waals surface area contributed by atoms with Gasteiger partial charge in [-0.3, -0.25) is 13.9 Å². The number of rotatable bonds is 2. The van der Waals surface area contributed by atoms with Crippen LogP contribution in [0.2, 0.25) is 0 Å². The first kappa shape index (κ1) is 19.2. The van der Waals surface area contributed by atoms with E-state index in [1.165, 1.54) is 19.3 Å². The minimum atomic E-state index is -5.84. The van der Waals surface area contributed by atoms with E-state index in [-0.39, 0.29) is 5.56 Å². The lowest BCUT2D eigenvalue weighted by molar-refractivity contribution is -0.0510. The lowest BCUT2D eigenvalue weighted by atomic mass is 9.82. The van der Waals surface area contributed by atoms with Gasteiger partial charge in [0.1, 0.15) is 0 Å². The molecule has 0 amide bonds. The Morgan fingerprint density at radius 2 is 1.56 bits per heavy atom. The fourth-order valence-electron chi connectivity index (χ4n) is 2.38. The summed E-state index contributed by atoms with van der Waals surface area (Å²) in [5.41, 5.74) is -3.33. The van der Waals surface area contributed by atoms with Gasteiger partial charge in [-0.25, -0.2) is 0 Å². The molecule has 25 heavy (non-hydrogen) atoms. The number of hydrogen-bond acceptors (Lipinski definition) is 3. The van der Waals surface area contributed by atoms with Gasteiger partial charge in [-0.2, -0.15) is 21.6 Å². The quantitative estimate of drug-likeness (QED) is 0.644. The van der Waals surface area contributed by atoms with Crippen molar-refractivity contribution in [2.45, 2.75) is 30.7 Å². The molecular weight excluding hydrogens is 359 g/mol. The molecule has 0 saturated heterocycles. The second-order valence-corrected chi connectivity index (χ2v) is 6.92. The number of nitrogens with zero attached hydrogens (tertiary/aromatic N) is 1. The van der Waals surface area contributed by atoms with Crippen LogP contribution < -0.4 is 5.56 Å². The van der Waals surface area contributed by atoms with Crippen molar-refractivity contribution < 1.29 is 26.1 Å². The SMILES string of the molecule is O=S(=O)(O)C(F)(F)F.O=c1cccc(C2CCC2)n1-c1ccccc1. The second kappa shape index (κ2) is 7.40. The van der Waals surface area contributed by atoms with Crippen LogP contribution in [0.5, 0.6) is 0 Å². The molecule has 1 N–H and O–H groups in total. The standard InChI is InChI=1S/C15H15NO.CHF3O3S/c17-15-11-5-10-14(12-6-4-7-12)16(15)13-8-2-1-3-9-13;2-1(3,4)8(5,6)7/h1-3,5,8-12H,4,6-7H2;(H,5,6,7). The number of aromatic nitrogens is 1. The maximum absolute atomic E-state index is 12.0. The van der Waals surface area contributed by atoms with Crippen molar-refractivity contribution in [1.82, 2.24) is 4.57 Å². The third-order valence-corrected chi connectivity index (χ3v) is 4.40. The fraction of sp³-hybridized carbons (Fsp3) is 0.312. The fourth-order valence-corrected chi connectivity index (χ4v) is 2.38. The first-order chi connectivity index (χ1) is 11.6. The van der Waals surface area contributed by atoms with Gasteiger partial charge in [0.25, 0.3) is 5.56 Å². The summed E-state index contributed by atoms with van der Waals surface area (Å²) in [6.07, 6.45) is 3.69. The lowest BCUT2D eigenvalue weighted by Gasteiger charge is -2.28. The number of hydrogen-bond donors (Lipinski definition) is 1. The average molecular weight is 375 g/mol. The largest absolute Gasteiger partial charge is 0.522 e. The van der Waals surface area contributed by atoms with Crippen LogP contribution in [0.3, 0.4) is 0 Å². The van der Waals surface area contributed by atoms with E-state index >= 15 is 0 Å². The molecule has 1 aliphatic carbocycles. The minimum absolute atomic E-state index is 0.0700. The van der Waals surface area contributed by atoms with Gasteiger partial charge in [0.05, 0.1) is 0 Å². The molecule has 0 bridgehead atoms. The summed E-state index contributed by atoms with van der Waals surface area (Å²) in [4.78, 5) is 12.0. The molecule has 2 aromatic rings. The first-order valence-electron chi connectivity index (χ1n) is 7.42. The Kier molecular flexibility index (Phi) is 5.69. The van der Waals surface area contributed by atoms with Gasteiger partial charge in [0, 0.05) is 17.4 Å². The summed E-state index contributed by atoms with van der Waals surface area (Å²) in [7, 11) is -5.84. The van der Waals surface area contributed by atoms with E-state index in [0.717, 1.165) is 11.4 Å². The van der Waals surface area contributed by atoms with Gasteiger partial charge in [0.15, 0.2) is 0 Å². The summed E-state index contributed by atoms with van der Waals surface area (Å²) >= 11 is 0. The van der Waals surface area contributed by atoms with Gasteiger partial charge in [0.2, 0.25) is 0 Å². The van der Waals surface area contributed by atoms with E-state index in [9.17, 15) is 18.0 Å². The van der Waals surface area contributed by atoms with Crippen LogP contribution in [0.4, 0.5) is 13.2 Å². The maximum Gasteiger partial charge on any atom is 0.522 e. The summed E-state index contributed by atoms with van der Waals surface area (Å²) in [5, 5.41) is 0. The molecule has 1 saturated carbocycles. The first-order valence-corrected chi connectivity index (χ1v) is 8.86. The number of para-hydroxylation sites is 1. The number of pyridine rings is 1. The third-order valence-electron chi connectivity index (χ3n) is 3.81. The topological polar surface area (TPSA) is 76.4 Å². The summed E-state index contributed by atoms with van der Waals surface area (Å²) < 4.78 is 59.4. The van der Waals surface area contributed by atoms with Gasteiger partial charge >= 0.3 is 15.6 Å². The van der Waals surface area contributed by atoms with Crippen LogP contribution in [0, 0.1) is 0 Å². The Morgan fingerprint density at radius 1 is 1.00 bits per heavy atom. The van der Waals surface area contributed by atoms with Crippen LogP contribution in [0.1, 0.15) is 30.9 Å². The maximum atomic E-state index is 12.0. The zero-order valence-corrected chi connectivity index (χ0v) is 13.8.